The predicted octanol–water partition coefficient (Wildman–Crippen LogP) is 2.74. The van der Waals surface area contributed by atoms with Crippen LogP contribution in [0.25, 0.3) is 11.3 Å². The fourth-order valence-corrected chi connectivity index (χ4v) is 2.42. The topological polar surface area (TPSA) is 59.9 Å². The van der Waals surface area contributed by atoms with Gasteiger partial charge in [-0.05, 0) is 26.8 Å². The molecule has 0 radical (unpaired) electrons. The number of hydrogen-bond donors (Lipinski definition) is 1. The molecule has 20 heavy (non-hydrogen) atoms. The highest BCUT2D eigenvalue weighted by atomic mass is 16.5. The number of nitrogens with one attached hydrogen (secondary N) is 1. The van der Waals surface area contributed by atoms with Gasteiger partial charge in [0.2, 0.25) is 0 Å². The molecular weight excluding hydrogens is 252 g/mol. The minimum Gasteiger partial charge on any atom is -0.370 e. The van der Waals surface area contributed by atoms with Gasteiger partial charge in [-0.3, -0.25) is 4.98 Å². The first-order valence-electron chi connectivity index (χ1n) is 6.80. The zero-order chi connectivity index (χ0) is 14.2. The summed E-state index contributed by atoms with van der Waals surface area (Å²) in [6, 6.07) is 4.04. The third kappa shape index (κ3) is 2.25. The Hall–Kier alpha value is -2.01. The average Bonchev–Trinajstić information content (AvgIpc) is 2.75. The van der Waals surface area contributed by atoms with E-state index in [2.05, 4.69) is 26.3 Å². The lowest BCUT2D eigenvalue weighted by atomic mass is 10.0. The van der Waals surface area contributed by atoms with Crippen LogP contribution in [0, 0.1) is 0 Å². The van der Waals surface area contributed by atoms with E-state index in [-0.39, 0.29) is 5.60 Å². The number of pyridine rings is 1. The van der Waals surface area contributed by atoms with Crippen molar-refractivity contribution in [2.75, 3.05) is 11.9 Å². The molecule has 1 aliphatic rings. The van der Waals surface area contributed by atoms with Crippen LogP contribution in [0.3, 0.4) is 0 Å². The molecule has 2 aromatic rings. The first-order valence-corrected chi connectivity index (χ1v) is 6.80. The molecule has 5 nitrogen and oxygen atoms in total. The smallest absolute Gasteiger partial charge is 0.129 e. The fraction of sp³-hybridized carbons (Fsp3) is 0.400. The lowest BCUT2D eigenvalue weighted by molar-refractivity contribution is -0.0101. The highest BCUT2D eigenvalue weighted by molar-refractivity contribution is 5.62. The summed E-state index contributed by atoms with van der Waals surface area (Å²) in [7, 11) is 0. The van der Waals surface area contributed by atoms with E-state index in [1.54, 1.807) is 6.33 Å². The second kappa shape index (κ2) is 4.83. The molecule has 1 aliphatic heterocycles. The van der Waals surface area contributed by atoms with Crippen molar-refractivity contribution >= 4 is 5.82 Å². The summed E-state index contributed by atoms with van der Waals surface area (Å²) >= 11 is 0. The van der Waals surface area contributed by atoms with Crippen molar-refractivity contribution in [2.45, 2.75) is 33.0 Å². The van der Waals surface area contributed by atoms with Crippen LogP contribution >= 0.6 is 0 Å². The van der Waals surface area contributed by atoms with Gasteiger partial charge in [-0.15, -0.1) is 0 Å². The van der Waals surface area contributed by atoms with E-state index in [0.717, 1.165) is 34.9 Å². The summed E-state index contributed by atoms with van der Waals surface area (Å²) in [4.78, 5) is 13.1. The van der Waals surface area contributed by atoms with Gasteiger partial charge in [0.25, 0.3) is 0 Å². The molecule has 0 aliphatic carbocycles. The van der Waals surface area contributed by atoms with Crippen LogP contribution in [0.5, 0.6) is 0 Å². The predicted molar refractivity (Wildman–Crippen MR) is 77.2 cm³/mol. The molecule has 0 saturated heterocycles. The molecule has 3 heterocycles. The number of anilines is 1. The lowest BCUT2D eigenvalue weighted by Gasteiger charge is -2.16. The minimum atomic E-state index is -0.297. The monoisotopic (exact) mass is 270 g/mol. The van der Waals surface area contributed by atoms with Crippen molar-refractivity contribution < 1.29 is 4.74 Å². The van der Waals surface area contributed by atoms with Gasteiger partial charge >= 0.3 is 0 Å². The molecule has 2 aromatic heterocycles. The Morgan fingerprint density at radius 3 is 2.90 bits per heavy atom. The Labute approximate surface area is 118 Å². The van der Waals surface area contributed by atoms with Crippen LogP contribution in [0.15, 0.2) is 24.7 Å². The molecule has 104 valence electrons. The Kier molecular flexibility index (Phi) is 3.14. The average molecular weight is 270 g/mol. The molecule has 0 fully saturated rings. The molecule has 0 saturated carbocycles. The maximum atomic E-state index is 5.76. The summed E-state index contributed by atoms with van der Waals surface area (Å²) in [6.45, 7) is 7.56. The van der Waals surface area contributed by atoms with Gasteiger partial charge in [-0.2, -0.15) is 0 Å². The number of fused-ring (bicyclic) bond motifs is 1. The number of rotatable bonds is 3. The second-order valence-corrected chi connectivity index (χ2v) is 5.35. The zero-order valence-electron chi connectivity index (χ0n) is 12.0. The SMILES string of the molecule is CCNc1cc(-c2cnc3c(c2)COC3(C)C)ncn1. The van der Waals surface area contributed by atoms with Crippen molar-refractivity contribution in [3.8, 4) is 11.3 Å². The van der Waals surface area contributed by atoms with Gasteiger partial charge in [0.05, 0.1) is 18.0 Å². The van der Waals surface area contributed by atoms with E-state index < -0.39 is 0 Å². The molecule has 0 amide bonds. The van der Waals surface area contributed by atoms with Crippen LogP contribution in [-0.4, -0.2) is 21.5 Å². The quantitative estimate of drug-likeness (QED) is 0.929. The molecule has 5 heteroatoms. The Bertz CT molecular complexity index is 640. The second-order valence-electron chi connectivity index (χ2n) is 5.35. The van der Waals surface area contributed by atoms with Crippen molar-refractivity contribution in [3.63, 3.8) is 0 Å². The van der Waals surface area contributed by atoms with E-state index in [0.29, 0.717) is 6.61 Å². The van der Waals surface area contributed by atoms with E-state index >= 15 is 0 Å². The van der Waals surface area contributed by atoms with Gasteiger partial charge < -0.3 is 10.1 Å². The number of hydrogen-bond acceptors (Lipinski definition) is 5. The maximum Gasteiger partial charge on any atom is 0.129 e. The fourth-order valence-electron chi connectivity index (χ4n) is 2.42. The summed E-state index contributed by atoms with van der Waals surface area (Å²) in [5.74, 6) is 0.828. The lowest BCUT2D eigenvalue weighted by Crippen LogP contribution is -2.16. The van der Waals surface area contributed by atoms with Gasteiger partial charge in [-0.1, -0.05) is 0 Å². The zero-order valence-corrected chi connectivity index (χ0v) is 12.0. The maximum absolute atomic E-state index is 5.76. The number of aromatic nitrogens is 3. The Morgan fingerprint density at radius 1 is 1.25 bits per heavy atom. The summed E-state index contributed by atoms with van der Waals surface area (Å²) in [5, 5.41) is 3.19. The van der Waals surface area contributed by atoms with Gasteiger partial charge in [0, 0.05) is 29.9 Å². The number of nitrogens with zero attached hydrogens (tertiary/aromatic N) is 3. The van der Waals surface area contributed by atoms with Crippen molar-refractivity contribution in [1.29, 1.82) is 0 Å². The first kappa shape index (κ1) is 13.0. The highest BCUT2D eigenvalue weighted by Crippen LogP contribution is 2.35. The third-order valence-corrected chi connectivity index (χ3v) is 3.45. The van der Waals surface area contributed by atoms with Crippen LogP contribution in [0.4, 0.5) is 5.82 Å². The molecule has 0 bridgehead atoms. The standard InChI is InChI=1S/C15H18N4O/c1-4-16-13-6-12(18-9-19-13)10-5-11-8-20-15(2,3)14(11)17-7-10/h5-7,9H,4,8H2,1-3H3,(H,16,18,19). The van der Waals surface area contributed by atoms with Crippen LogP contribution in [-0.2, 0) is 16.9 Å². The van der Waals surface area contributed by atoms with Crippen molar-refractivity contribution in [3.05, 3.63) is 35.9 Å². The normalized spacial score (nSPS) is 15.9. The van der Waals surface area contributed by atoms with Gasteiger partial charge in [0.15, 0.2) is 0 Å². The Balaban J connectivity index is 1.98. The highest BCUT2D eigenvalue weighted by Gasteiger charge is 2.32. The van der Waals surface area contributed by atoms with Crippen molar-refractivity contribution in [2.24, 2.45) is 0 Å². The summed E-state index contributed by atoms with van der Waals surface area (Å²) in [5.41, 5.74) is 3.72. The molecular formula is C15H18N4O. The van der Waals surface area contributed by atoms with Crippen molar-refractivity contribution in [1.82, 2.24) is 15.0 Å². The first-order chi connectivity index (χ1) is 9.60. The molecule has 1 N–H and O–H groups in total. The van der Waals surface area contributed by atoms with Gasteiger partial charge in [-0.25, -0.2) is 9.97 Å². The minimum absolute atomic E-state index is 0.297. The molecule has 0 aromatic carbocycles. The molecule has 0 spiro atoms. The van der Waals surface area contributed by atoms with Crippen LogP contribution < -0.4 is 5.32 Å². The number of ether oxygens (including phenoxy) is 1. The van der Waals surface area contributed by atoms with E-state index in [4.69, 9.17) is 4.74 Å². The largest absolute Gasteiger partial charge is 0.370 e. The van der Waals surface area contributed by atoms with E-state index in [1.807, 2.05) is 33.0 Å². The Morgan fingerprint density at radius 2 is 2.10 bits per heavy atom. The van der Waals surface area contributed by atoms with E-state index in [1.165, 1.54) is 0 Å². The summed E-state index contributed by atoms with van der Waals surface area (Å²) < 4.78 is 5.76. The summed E-state index contributed by atoms with van der Waals surface area (Å²) in [6.07, 6.45) is 3.42. The van der Waals surface area contributed by atoms with Crippen LogP contribution in [0.1, 0.15) is 32.0 Å². The molecule has 0 unspecified atom stereocenters. The molecule has 3 rings (SSSR count). The molecule has 0 atom stereocenters. The third-order valence-electron chi connectivity index (χ3n) is 3.45. The van der Waals surface area contributed by atoms with E-state index in [9.17, 15) is 0 Å². The van der Waals surface area contributed by atoms with Crippen LogP contribution in [0.2, 0.25) is 0 Å². The van der Waals surface area contributed by atoms with Gasteiger partial charge in [0.1, 0.15) is 17.7 Å².